The molecule has 3 N–H and O–H groups in total. The molecular weight excluding hydrogens is 210 g/mol. The molecule has 1 aliphatic rings. The minimum absolute atomic E-state index is 0.365. The van der Waals surface area contributed by atoms with Crippen molar-refractivity contribution in [2.75, 3.05) is 6.54 Å². The van der Waals surface area contributed by atoms with E-state index in [0.717, 1.165) is 5.82 Å². The maximum Gasteiger partial charge on any atom is 0.111 e. The maximum atomic E-state index is 5.86. The summed E-state index contributed by atoms with van der Waals surface area (Å²) < 4.78 is 0. The van der Waals surface area contributed by atoms with Crippen molar-refractivity contribution in [2.24, 2.45) is 11.7 Å². The van der Waals surface area contributed by atoms with Crippen molar-refractivity contribution in [3.63, 3.8) is 0 Å². The van der Waals surface area contributed by atoms with Gasteiger partial charge in [0.05, 0.1) is 5.69 Å². The normalized spacial score (nSPS) is 19.1. The summed E-state index contributed by atoms with van der Waals surface area (Å²) in [5, 5.41) is 0. The maximum absolute atomic E-state index is 5.86. The number of imidazole rings is 1. The van der Waals surface area contributed by atoms with Crippen LogP contribution < -0.4 is 5.73 Å². The van der Waals surface area contributed by atoms with Crippen molar-refractivity contribution in [3.8, 4) is 0 Å². The van der Waals surface area contributed by atoms with Gasteiger partial charge in [0.1, 0.15) is 5.82 Å². The van der Waals surface area contributed by atoms with Crippen LogP contribution in [-0.4, -0.2) is 16.5 Å². The van der Waals surface area contributed by atoms with E-state index in [9.17, 15) is 0 Å². The van der Waals surface area contributed by atoms with Gasteiger partial charge in [0.25, 0.3) is 0 Å². The van der Waals surface area contributed by atoms with Crippen LogP contribution in [0.15, 0.2) is 0 Å². The monoisotopic (exact) mass is 235 g/mol. The second-order valence-electron chi connectivity index (χ2n) is 5.70. The van der Waals surface area contributed by atoms with Crippen molar-refractivity contribution in [3.05, 3.63) is 17.2 Å². The van der Waals surface area contributed by atoms with Gasteiger partial charge < -0.3 is 10.7 Å². The first-order chi connectivity index (χ1) is 8.13. The highest BCUT2D eigenvalue weighted by Gasteiger charge is 2.25. The largest absolute Gasteiger partial charge is 0.346 e. The van der Waals surface area contributed by atoms with Gasteiger partial charge in [0.2, 0.25) is 0 Å². The van der Waals surface area contributed by atoms with E-state index in [0.29, 0.717) is 24.3 Å². The van der Waals surface area contributed by atoms with E-state index in [2.05, 4.69) is 25.8 Å². The number of hydrogen-bond acceptors (Lipinski definition) is 2. The highest BCUT2D eigenvalue weighted by molar-refractivity contribution is 5.20. The minimum Gasteiger partial charge on any atom is -0.346 e. The molecule has 1 atom stereocenters. The lowest BCUT2D eigenvalue weighted by atomic mass is 9.95. The van der Waals surface area contributed by atoms with Crippen molar-refractivity contribution in [1.82, 2.24) is 9.97 Å². The second-order valence-corrected chi connectivity index (χ2v) is 5.70. The number of aromatic amines is 1. The van der Waals surface area contributed by atoms with Crippen LogP contribution in [0.1, 0.15) is 68.6 Å². The summed E-state index contributed by atoms with van der Waals surface area (Å²) in [6, 6.07) is 0. The molecule has 17 heavy (non-hydrogen) atoms. The fourth-order valence-electron chi connectivity index (χ4n) is 2.97. The molecule has 1 saturated carbocycles. The Labute approximate surface area is 104 Å². The van der Waals surface area contributed by atoms with E-state index in [1.54, 1.807) is 0 Å². The summed E-state index contributed by atoms with van der Waals surface area (Å²) >= 11 is 0. The van der Waals surface area contributed by atoms with Crippen LogP contribution in [0.2, 0.25) is 0 Å². The third kappa shape index (κ3) is 2.54. The number of H-pyrrole nitrogens is 1. The Morgan fingerprint density at radius 2 is 2.00 bits per heavy atom. The van der Waals surface area contributed by atoms with Gasteiger partial charge in [-0.1, -0.05) is 26.7 Å². The van der Waals surface area contributed by atoms with Gasteiger partial charge in [-0.15, -0.1) is 0 Å². The fraction of sp³-hybridized carbons (Fsp3) is 0.786. The van der Waals surface area contributed by atoms with E-state index < -0.39 is 0 Å². The van der Waals surface area contributed by atoms with E-state index >= 15 is 0 Å². The van der Waals surface area contributed by atoms with Gasteiger partial charge in [-0.05, 0) is 25.7 Å². The van der Waals surface area contributed by atoms with E-state index in [-0.39, 0.29) is 0 Å². The molecule has 0 spiro atoms. The average molecular weight is 235 g/mol. The Morgan fingerprint density at radius 3 is 2.53 bits per heavy atom. The third-order valence-corrected chi connectivity index (χ3v) is 4.09. The SMILES string of the molecule is Cc1[nH]c(C(CN)C(C)C)nc1C1CCCC1. The molecule has 1 heterocycles. The molecule has 0 amide bonds. The van der Waals surface area contributed by atoms with Crippen molar-refractivity contribution in [1.29, 1.82) is 0 Å². The molecule has 1 aliphatic carbocycles. The third-order valence-electron chi connectivity index (χ3n) is 4.09. The molecule has 0 bridgehead atoms. The van der Waals surface area contributed by atoms with Gasteiger partial charge in [-0.3, -0.25) is 0 Å². The first-order valence-electron chi connectivity index (χ1n) is 6.90. The number of hydrogen-bond donors (Lipinski definition) is 2. The lowest BCUT2D eigenvalue weighted by Crippen LogP contribution is -2.19. The molecule has 0 aromatic carbocycles. The van der Waals surface area contributed by atoms with Gasteiger partial charge in [0.15, 0.2) is 0 Å². The molecule has 3 nitrogen and oxygen atoms in total. The molecule has 0 aliphatic heterocycles. The predicted octanol–water partition coefficient (Wildman–Crippen LogP) is 3.07. The molecule has 1 aromatic heterocycles. The highest BCUT2D eigenvalue weighted by atomic mass is 15.0. The summed E-state index contributed by atoms with van der Waals surface area (Å²) in [5.74, 6) is 2.69. The molecule has 0 radical (unpaired) electrons. The van der Waals surface area contributed by atoms with Crippen LogP contribution in [0.4, 0.5) is 0 Å². The van der Waals surface area contributed by atoms with Crippen molar-refractivity contribution in [2.45, 2.75) is 58.3 Å². The summed E-state index contributed by atoms with van der Waals surface area (Å²) in [5.41, 5.74) is 8.42. The zero-order valence-electron chi connectivity index (χ0n) is 11.3. The van der Waals surface area contributed by atoms with E-state index in [1.807, 2.05) is 0 Å². The van der Waals surface area contributed by atoms with Gasteiger partial charge >= 0.3 is 0 Å². The van der Waals surface area contributed by atoms with Crippen LogP contribution in [-0.2, 0) is 0 Å². The molecule has 2 rings (SSSR count). The smallest absolute Gasteiger partial charge is 0.111 e. The first-order valence-corrected chi connectivity index (χ1v) is 6.90. The van der Waals surface area contributed by atoms with Crippen LogP contribution in [0.25, 0.3) is 0 Å². The number of aromatic nitrogens is 2. The Hall–Kier alpha value is -0.830. The first kappa shape index (κ1) is 12.6. The molecule has 3 heteroatoms. The number of rotatable bonds is 4. The Bertz CT molecular complexity index is 362. The molecular formula is C14H25N3. The Balaban J connectivity index is 2.22. The number of aryl methyl sites for hydroxylation is 1. The summed E-state index contributed by atoms with van der Waals surface area (Å²) in [7, 11) is 0. The molecule has 96 valence electrons. The van der Waals surface area contributed by atoms with Crippen LogP contribution in [0, 0.1) is 12.8 Å². The second kappa shape index (κ2) is 5.21. The number of nitrogens with one attached hydrogen (secondary N) is 1. The standard InChI is InChI=1S/C14H25N3/c1-9(2)12(8-15)14-16-10(3)13(17-14)11-6-4-5-7-11/h9,11-12H,4-8,15H2,1-3H3,(H,16,17). The lowest BCUT2D eigenvalue weighted by Gasteiger charge is -2.15. The molecule has 1 aromatic rings. The lowest BCUT2D eigenvalue weighted by molar-refractivity contribution is 0.485. The number of nitrogens with zero attached hydrogens (tertiary/aromatic N) is 1. The summed E-state index contributed by atoms with van der Waals surface area (Å²) in [4.78, 5) is 8.31. The number of nitrogens with two attached hydrogens (primary N) is 1. The average Bonchev–Trinajstić information content (AvgIpc) is 2.87. The van der Waals surface area contributed by atoms with Gasteiger partial charge in [-0.25, -0.2) is 4.98 Å². The van der Waals surface area contributed by atoms with E-state index in [4.69, 9.17) is 10.7 Å². The molecule has 0 saturated heterocycles. The summed E-state index contributed by atoms with van der Waals surface area (Å²) in [6.07, 6.45) is 5.33. The zero-order valence-corrected chi connectivity index (χ0v) is 11.3. The quantitative estimate of drug-likeness (QED) is 0.842. The van der Waals surface area contributed by atoms with Crippen LogP contribution >= 0.6 is 0 Å². The minimum atomic E-state index is 0.365. The van der Waals surface area contributed by atoms with E-state index in [1.165, 1.54) is 37.1 Å². The van der Waals surface area contributed by atoms with Crippen molar-refractivity contribution >= 4 is 0 Å². The van der Waals surface area contributed by atoms with Crippen molar-refractivity contribution < 1.29 is 0 Å². The van der Waals surface area contributed by atoms with Crippen LogP contribution in [0.3, 0.4) is 0 Å². The highest BCUT2D eigenvalue weighted by Crippen LogP contribution is 2.35. The Kier molecular flexibility index (Phi) is 3.87. The molecule has 1 fully saturated rings. The van der Waals surface area contributed by atoms with Gasteiger partial charge in [-0.2, -0.15) is 0 Å². The Morgan fingerprint density at radius 1 is 1.35 bits per heavy atom. The summed E-state index contributed by atoms with van der Waals surface area (Å²) in [6.45, 7) is 7.25. The fourth-order valence-corrected chi connectivity index (χ4v) is 2.97. The predicted molar refractivity (Wildman–Crippen MR) is 71.2 cm³/mol. The zero-order chi connectivity index (χ0) is 12.4. The molecule has 1 unspecified atom stereocenters. The van der Waals surface area contributed by atoms with Crippen LogP contribution in [0.5, 0.6) is 0 Å². The van der Waals surface area contributed by atoms with Gasteiger partial charge in [0, 0.05) is 24.1 Å². The topological polar surface area (TPSA) is 54.7 Å².